The molecule has 0 amide bonds. The van der Waals surface area contributed by atoms with Crippen LogP contribution in [0.1, 0.15) is 33.6 Å². The Bertz CT molecular complexity index is 197. The fraction of sp³-hybridized carbons (Fsp3) is 1.00. The molecular formula is C13H26N2. The van der Waals surface area contributed by atoms with E-state index in [4.69, 9.17) is 0 Å². The first-order chi connectivity index (χ1) is 7.16. The second-order valence-electron chi connectivity index (χ2n) is 5.88. The van der Waals surface area contributed by atoms with Gasteiger partial charge in [-0.1, -0.05) is 20.8 Å². The molecule has 1 saturated carbocycles. The molecule has 0 aromatic rings. The zero-order chi connectivity index (χ0) is 10.8. The van der Waals surface area contributed by atoms with Crippen molar-refractivity contribution in [2.75, 3.05) is 26.2 Å². The van der Waals surface area contributed by atoms with E-state index >= 15 is 0 Å². The van der Waals surface area contributed by atoms with Crippen LogP contribution < -0.4 is 5.32 Å². The van der Waals surface area contributed by atoms with Crippen LogP contribution >= 0.6 is 0 Å². The molecule has 15 heavy (non-hydrogen) atoms. The lowest BCUT2D eigenvalue weighted by Gasteiger charge is -2.36. The quantitative estimate of drug-likeness (QED) is 0.763. The Labute approximate surface area is 94.4 Å². The summed E-state index contributed by atoms with van der Waals surface area (Å²) in [5, 5.41) is 3.67. The fourth-order valence-electron chi connectivity index (χ4n) is 2.44. The molecule has 0 aromatic heterocycles. The van der Waals surface area contributed by atoms with Gasteiger partial charge < -0.3 is 10.2 Å². The van der Waals surface area contributed by atoms with Crippen molar-refractivity contribution in [3.8, 4) is 0 Å². The highest BCUT2D eigenvalue weighted by molar-refractivity contribution is 4.91. The van der Waals surface area contributed by atoms with Gasteiger partial charge in [-0.2, -0.15) is 0 Å². The van der Waals surface area contributed by atoms with Gasteiger partial charge in [-0.3, -0.25) is 0 Å². The predicted molar refractivity (Wildman–Crippen MR) is 65.0 cm³/mol. The highest BCUT2D eigenvalue weighted by atomic mass is 15.2. The Hall–Kier alpha value is -0.0800. The van der Waals surface area contributed by atoms with Crippen molar-refractivity contribution in [1.82, 2.24) is 10.2 Å². The van der Waals surface area contributed by atoms with E-state index in [1.165, 1.54) is 39.0 Å². The average Bonchev–Trinajstić information content (AvgIpc) is 3.01. The van der Waals surface area contributed by atoms with Crippen molar-refractivity contribution in [2.45, 2.75) is 39.7 Å². The maximum atomic E-state index is 3.67. The molecule has 2 atom stereocenters. The molecule has 2 rings (SSSR count). The van der Waals surface area contributed by atoms with Gasteiger partial charge >= 0.3 is 0 Å². The van der Waals surface area contributed by atoms with Crippen LogP contribution in [-0.4, -0.2) is 37.1 Å². The Kier molecular flexibility index (Phi) is 3.68. The van der Waals surface area contributed by atoms with Crippen LogP contribution in [-0.2, 0) is 0 Å². The Balaban J connectivity index is 1.76. The summed E-state index contributed by atoms with van der Waals surface area (Å²) >= 11 is 0. The van der Waals surface area contributed by atoms with Gasteiger partial charge in [0, 0.05) is 32.2 Å². The highest BCUT2D eigenvalue weighted by Crippen LogP contribution is 2.33. The van der Waals surface area contributed by atoms with Crippen LogP contribution in [0, 0.1) is 17.8 Å². The third-order valence-electron chi connectivity index (χ3n) is 4.16. The van der Waals surface area contributed by atoms with E-state index in [1.54, 1.807) is 0 Å². The Morgan fingerprint density at radius 2 is 2.00 bits per heavy atom. The lowest BCUT2D eigenvalue weighted by atomic mass is 9.97. The Morgan fingerprint density at radius 1 is 1.27 bits per heavy atom. The number of piperazine rings is 1. The standard InChI is InChI=1S/C13H26N2/c1-10(2)11(3)8-15-7-6-14-13(9-15)12-4-5-12/h10-14H,4-9H2,1-3H3. The molecule has 1 saturated heterocycles. The molecule has 2 nitrogen and oxygen atoms in total. The smallest absolute Gasteiger partial charge is 0.0223 e. The zero-order valence-corrected chi connectivity index (χ0v) is 10.5. The van der Waals surface area contributed by atoms with Gasteiger partial charge in [0.15, 0.2) is 0 Å². The number of hydrogen-bond donors (Lipinski definition) is 1. The summed E-state index contributed by atoms with van der Waals surface area (Å²) in [4.78, 5) is 2.67. The third-order valence-corrected chi connectivity index (χ3v) is 4.16. The van der Waals surface area contributed by atoms with E-state index in [-0.39, 0.29) is 0 Å². The molecule has 2 aliphatic rings. The molecule has 2 fully saturated rings. The lowest BCUT2D eigenvalue weighted by Crippen LogP contribution is -2.52. The summed E-state index contributed by atoms with van der Waals surface area (Å²) in [5.41, 5.74) is 0. The van der Waals surface area contributed by atoms with Crippen LogP contribution in [0.2, 0.25) is 0 Å². The minimum Gasteiger partial charge on any atom is -0.311 e. The zero-order valence-electron chi connectivity index (χ0n) is 10.5. The van der Waals surface area contributed by atoms with Crippen molar-refractivity contribution >= 4 is 0 Å². The SMILES string of the molecule is CC(C)C(C)CN1CCNC(C2CC2)C1. The maximum absolute atomic E-state index is 3.67. The molecule has 0 radical (unpaired) electrons. The highest BCUT2D eigenvalue weighted by Gasteiger charge is 2.34. The summed E-state index contributed by atoms with van der Waals surface area (Å²) in [6.45, 7) is 12.1. The van der Waals surface area contributed by atoms with Crippen LogP contribution in [0.15, 0.2) is 0 Å². The van der Waals surface area contributed by atoms with Gasteiger partial charge in [-0.25, -0.2) is 0 Å². The minimum atomic E-state index is 0.804. The van der Waals surface area contributed by atoms with Gasteiger partial charge in [0.1, 0.15) is 0 Å². The van der Waals surface area contributed by atoms with E-state index in [9.17, 15) is 0 Å². The number of rotatable bonds is 4. The summed E-state index contributed by atoms with van der Waals surface area (Å²) in [6, 6.07) is 0.804. The van der Waals surface area contributed by atoms with Gasteiger partial charge in [-0.05, 0) is 30.6 Å². The minimum absolute atomic E-state index is 0.804. The average molecular weight is 210 g/mol. The molecule has 88 valence electrons. The normalized spacial score (nSPS) is 30.8. The fourth-order valence-corrected chi connectivity index (χ4v) is 2.44. The molecule has 1 aliphatic carbocycles. The van der Waals surface area contributed by atoms with E-state index in [0.717, 1.165) is 23.8 Å². The van der Waals surface area contributed by atoms with Crippen molar-refractivity contribution in [1.29, 1.82) is 0 Å². The van der Waals surface area contributed by atoms with Crippen LogP contribution in [0.3, 0.4) is 0 Å². The summed E-state index contributed by atoms with van der Waals surface area (Å²) in [6.07, 6.45) is 2.93. The summed E-state index contributed by atoms with van der Waals surface area (Å²) < 4.78 is 0. The van der Waals surface area contributed by atoms with Crippen LogP contribution in [0.4, 0.5) is 0 Å². The lowest BCUT2D eigenvalue weighted by molar-refractivity contribution is 0.154. The van der Waals surface area contributed by atoms with Crippen LogP contribution in [0.5, 0.6) is 0 Å². The maximum Gasteiger partial charge on any atom is 0.0223 e. The van der Waals surface area contributed by atoms with E-state index in [1.807, 2.05) is 0 Å². The van der Waals surface area contributed by atoms with Crippen LogP contribution in [0.25, 0.3) is 0 Å². The molecule has 0 bridgehead atoms. The number of hydrogen-bond acceptors (Lipinski definition) is 2. The predicted octanol–water partition coefficient (Wildman–Crippen LogP) is 1.96. The first kappa shape index (κ1) is 11.4. The number of nitrogens with zero attached hydrogens (tertiary/aromatic N) is 1. The van der Waals surface area contributed by atoms with Gasteiger partial charge in [0.25, 0.3) is 0 Å². The van der Waals surface area contributed by atoms with Crippen molar-refractivity contribution in [2.24, 2.45) is 17.8 Å². The van der Waals surface area contributed by atoms with Crippen molar-refractivity contribution in [3.63, 3.8) is 0 Å². The molecule has 0 spiro atoms. The second-order valence-corrected chi connectivity index (χ2v) is 5.88. The molecule has 1 heterocycles. The summed E-state index contributed by atoms with van der Waals surface area (Å²) in [5.74, 6) is 2.66. The molecule has 2 heteroatoms. The van der Waals surface area contributed by atoms with Crippen molar-refractivity contribution < 1.29 is 0 Å². The first-order valence-electron chi connectivity index (χ1n) is 6.62. The van der Waals surface area contributed by atoms with E-state index < -0.39 is 0 Å². The second kappa shape index (κ2) is 4.84. The summed E-state index contributed by atoms with van der Waals surface area (Å²) in [7, 11) is 0. The third kappa shape index (κ3) is 3.18. The van der Waals surface area contributed by atoms with E-state index in [0.29, 0.717) is 0 Å². The van der Waals surface area contributed by atoms with Gasteiger partial charge in [-0.15, -0.1) is 0 Å². The molecular weight excluding hydrogens is 184 g/mol. The van der Waals surface area contributed by atoms with Crippen molar-refractivity contribution in [3.05, 3.63) is 0 Å². The topological polar surface area (TPSA) is 15.3 Å². The monoisotopic (exact) mass is 210 g/mol. The molecule has 1 aliphatic heterocycles. The Morgan fingerprint density at radius 3 is 2.60 bits per heavy atom. The molecule has 0 aromatic carbocycles. The van der Waals surface area contributed by atoms with Gasteiger partial charge in [0.05, 0.1) is 0 Å². The molecule has 2 unspecified atom stereocenters. The molecule has 1 N–H and O–H groups in total. The van der Waals surface area contributed by atoms with Gasteiger partial charge in [0.2, 0.25) is 0 Å². The largest absolute Gasteiger partial charge is 0.311 e. The van der Waals surface area contributed by atoms with E-state index in [2.05, 4.69) is 31.0 Å². The first-order valence-corrected chi connectivity index (χ1v) is 6.62. The number of nitrogens with one attached hydrogen (secondary N) is 1.